The second kappa shape index (κ2) is 5.40. The lowest BCUT2D eigenvalue weighted by molar-refractivity contribution is 0.0923. The summed E-state index contributed by atoms with van der Waals surface area (Å²) >= 11 is 1.61. The molecule has 0 aromatic carbocycles. The number of thioether (sulfide) groups is 1. The zero-order valence-corrected chi connectivity index (χ0v) is 10.7. The minimum Gasteiger partial charge on any atom is -0.440 e. The molecule has 0 spiro atoms. The van der Waals surface area contributed by atoms with E-state index in [9.17, 15) is 13.2 Å². The van der Waals surface area contributed by atoms with Crippen molar-refractivity contribution in [3.8, 4) is 0 Å². The van der Waals surface area contributed by atoms with Crippen LogP contribution in [0.4, 0.5) is 0 Å². The van der Waals surface area contributed by atoms with E-state index in [-0.39, 0.29) is 10.9 Å². The maximum Gasteiger partial charge on any atom is 0.287 e. The first-order valence-electron chi connectivity index (χ1n) is 4.52. The third-order valence-electron chi connectivity index (χ3n) is 1.76. The number of hydrogen-bond acceptors (Lipinski definition) is 5. The molecular formula is C9H13NO4S2. The van der Waals surface area contributed by atoms with Gasteiger partial charge in [-0.25, -0.2) is 8.42 Å². The number of furan rings is 1. The topological polar surface area (TPSA) is 76.4 Å². The van der Waals surface area contributed by atoms with Crippen LogP contribution in [0.3, 0.4) is 0 Å². The molecule has 0 saturated heterocycles. The van der Waals surface area contributed by atoms with E-state index in [0.29, 0.717) is 6.54 Å². The quantitative estimate of drug-likeness (QED) is 0.794. The van der Waals surface area contributed by atoms with Crippen LogP contribution in [0, 0.1) is 0 Å². The number of carbonyl (C=O) groups excluding carboxylic acids is 1. The molecule has 1 heterocycles. The minimum absolute atomic E-state index is 0.0153. The van der Waals surface area contributed by atoms with E-state index in [1.54, 1.807) is 11.8 Å². The van der Waals surface area contributed by atoms with Gasteiger partial charge in [-0.1, -0.05) is 0 Å². The number of carbonyl (C=O) groups is 1. The van der Waals surface area contributed by atoms with Crippen molar-refractivity contribution in [3.05, 3.63) is 17.9 Å². The van der Waals surface area contributed by atoms with E-state index in [1.807, 2.05) is 6.26 Å². The smallest absolute Gasteiger partial charge is 0.287 e. The molecule has 0 bridgehead atoms. The van der Waals surface area contributed by atoms with Gasteiger partial charge in [0.25, 0.3) is 5.91 Å². The van der Waals surface area contributed by atoms with Gasteiger partial charge in [0.1, 0.15) is 0 Å². The van der Waals surface area contributed by atoms with Gasteiger partial charge in [-0.15, -0.1) is 0 Å². The first-order valence-corrected chi connectivity index (χ1v) is 7.80. The maximum absolute atomic E-state index is 11.5. The lowest BCUT2D eigenvalue weighted by Crippen LogP contribution is -2.25. The van der Waals surface area contributed by atoms with Crippen molar-refractivity contribution in [3.63, 3.8) is 0 Å². The average Bonchev–Trinajstić information content (AvgIpc) is 2.66. The van der Waals surface area contributed by atoms with Gasteiger partial charge in [-0.2, -0.15) is 11.8 Å². The van der Waals surface area contributed by atoms with E-state index in [1.165, 1.54) is 12.1 Å². The summed E-state index contributed by atoms with van der Waals surface area (Å²) in [7, 11) is -3.39. The molecule has 0 saturated carbocycles. The number of hydrogen-bond donors (Lipinski definition) is 1. The van der Waals surface area contributed by atoms with Gasteiger partial charge in [0.2, 0.25) is 14.9 Å². The summed E-state index contributed by atoms with van der Waals surface area (Å²) in [6.45, 7) is 0.523. The van der Waals surface area contributed by atoms with Crippen molar-refractivity contribution in [2.24, 2.45) is 0 Å². The summed E-state index contributed by atoms with van der Waals surface area (Å²) in [6.07, 6.45) is 2.96. The van der Waals surface area contributed by atoms with Crippen LogP contribution < -0.4 is 5.32 Å². The van der Waals surface area contributed by atoms with Crippen molar-refractivity contribution in [2.75, 3.05) is 24.8 Å². The van der Waals surface area contributed by atoms with E-state index < -0.39 is 15.7 Å². The van der Waals surface area contributed by atoms with Crippen molar-refractivity contribution in [2.45, 2.75) is 5.09 Å². The molecule has 0 aliphatic carbocycles. The van der Waals surface area contributed by atoms with Crippen LogP contribution in [0.15, 0.2) is 21.6 Å². The van der Waals surface area contributed by atoms with E-state index in [4.69, 9.17) is 4.42 Å². The Morgan fingerprint density at radius 3 is 2.69 bits per heavy atom. The van der Waals surface area contributed by atoms with Gasteiger partial charge in [0.05, 0.1) is 0 Å². The van der Waals surface area contributed by atoms with E-state index in [0.717, 1.165) is 12.0 Å². The number of sulfone groups is 1. The van der Waals surface area contributed by atoms with Gasteiger partial charge >= 0.3 is 0 Å². The minimum atomic E-state index is -3.39. The highest BCUT2D eigenvalue weighted by atomic mass is 32.2. The monoisotopic (exact) mass is 263 g/mol. The Hall–Kier alpha value is -0.950. The van der Waals surface area contributed by atoms with Crippen LogP contribution in [0.1, 0.15) is 10.6 Å². The SMILES string of the molecule is CSCCNC(=O)c1ccc(S(C)(=O)=O)o1. The van der Waals surface area contributed by atoms with Crippen LogP contribution in [-0.2, 0) is 9.84 Å². The molecule has 7 heteroatoms. The van der Waals surface area contributed by atoms with Gasteiger partial charge in [-0.3, -0.25) is 4.79 Å². The van der Waals surface area contributed by atoms with Crippen molar-refractivity contribution in [1.82, 2.24) is 5.32 Å². The lowest BCUT2D eigenvalue weighted by atomic mass is 10.4. The molecule has 0 radical (unpaired) electrons. The fourth-order valence-corrected chi connectivity index (χ4v) is 1.86. The Bertz CT molecular complexity index is 464. The molecule has 1 aromatic rings. The average molecular weight is 263 g/mol. The molecule has 1 aromatic heterocycles. The Morgan fingerprint density at radius 2 is 2.19 bits per heavy atom. The molecule has 1 amide bonds. The van der Waals surface area contributed by atoms with Gasteiger partial charge < -0.3 is 9.73 Å². The van der Waals surface area contributed by atoms with Crippen LogP contribution in [0.5, 0.6) is 0 Å². The predicted octanol–water partition coefficient (Wildman–Crippen LogP) is 0.776. The van der Waals surface area contributed by atoms with E-state index in [2.05, 4.69) is 5.32 Å². The Balaban J connectivity index is 2.68. The highest BCUT2D eigenvalue weighted by Crippen LogP contribution is 2.13. The zero-order valence-electron chi connectivity index (χ0n) is 9.02. The fraction of sp³-hybridized carbons (Fsp3) is 0.444. The largest absolute Gasteiger partial charge is 0.440 e. The first-order chi connectivity index (χ1) is 7.45. The van der Waals surface area contributed by atoms with Crippen molar-refractivity contribution < 1.29 is 17.6 Å². The lowest BCUT2D eigenvalue weighted by Gasteiger charge is -2.00. The molecule has 90 valence electrons. The molecule has 0 fully saturated rings. The molecular weight excluding hydrogens is 250 g/mol. The number of nitrogens with one attached hydrogen (secondary N) is 1. The molecule has 1 rings (SSSR count). The second-order valence-electron chi connectivity index (χ2n) is 3.14. The highest BCUT2D eigenvalue weighted by Gasteiger charge is 2.16. The normalized spacial score (nSPS) is 11.4. The molecule has 0 atom stereocenters. The van der Waals surface area contributed by atoms with Gasteiger partial charge in [0.15, 0.2) is 5.76 Å². The second-order valence-corrected chi connectivity index (χ2v) is 6.07. The maximum atomic E-state index is 11.5. The summed E-state index contributed by atoms with van der Waals surface area (Å²) in [5.74, 6) is 0.413. The summed E-state index contributed by atoms with van der Waals surface area (Å²) in [4.78, 5) is 11.5. The number of rotatable bonds is 5. The first kappa shape index (κ1) is 13.1. The van der Waals surface area contributed by atoms with Gasteiger partial charge in [-0.05, 0) is 18.4 Å². The van der Waals surface area contributed by atoms with Crippen LogP contribution in [0.2, 0.25) is 0 Å². The fourth-order valence-electron chi connectivity index (χ4n) is 0.995. The summed E-state index contributed by atoms with van der Waals surface area (Å²) in [5.41, 5.74) is 0. The van der Waals surface area contributed by atoms with Gasteiger partial charge in [0, 0.05) is 18.6 Å². The summed E-state index contributed by atoms with van der Waals surface area (Å²) in [5, 5.41) is 2.42. The Kier molecular flexibility index (Phi) is 4.43. The molecule has 0 aliphatic rings. The molecule has 0 aliphatic heterocycles. The third-order valence-corrected chi connectivity index (χ3v) is 3.33. The Labute approximate surface area is 98.5 Å². The molecule has 16 heavy (non-hydrogen) atoms. The molecule has 1 N–H and O–H groups in total. The summed E-state index contributed by atoms with van der Waals surface area (Å²) in [6, 6.07) is 2.63. The highest BCUT2D eigenvalue weighted by molar-refractivity contribution is 7.98. The van der Waals surface area contributed by atoms with Crippen LogP contribution in [0.25, 0.3) is 0 Å². The van der Waals surface area contributed by atoms with Crippen LogP contribution >= 0.6 is 11.8 Å². The molecule has 0 unspecified atom stereocenters. The summed E-state index contributed by atoms with van der Waals surface area (Å²) < 4.78 is 27.1. The molecule has 5 nitrogen and oxygen atoms in total. The van der Waals surface area contributed by atoms with E-state index >= 15 is 0 Å². The third kappa shape index (κ3) is 3.57. The number of amides is 1. The zero-order chi connectivity index (χ0) is 12.2. The van der Waals surface area contributed by atoms with Crippen molar-refractivity contribution in [1.29, 1.82) is 0 Å². The van der Waals surface area contributed by atoms with Crippen LogP contribution in [-0.4, -0.2) is 39.1 Å². The van der Waals surface area contributed by atoms with Crippen molar-refractivity contribution >= 4 is 27.5 Å². The Morgan fingerprint density at radius 1 is 1.50 bits per heavy atom. The standard InChI is InChI=1S/C9H13NO4S2/c1-15-6-5-10-9(11)7-3-4-8(14-7)16(2,12)13/h3-4H,5-6H2,1-2H3,(H,10,11). The predicted molar refractivity (Wildman–Crippen MR) is 62.5 cm³/mol.